The van der Waals surface area contributed by atoms with Crippen LogP contribution in [-0.2, 0) is 24.4 Å². The van der Waals surface area contributed by atoms with Gasteiger partial charge in [-0.1, -0.05) is 12.2 Å². The van der Waals surface area contributed by atoms with Gasteiger partial charge in [0.25, 0.3) is 0 Å². The van der Waals surface area contributed by atoms with E-state index in [1.165, 1.54) is 21.3 Å². The molecule has 0 bridgehead atoms. The molecule has 2 atom stereocenters. The normalized spacial score (nSPS) is 24.5. The van der Waals surface area contributed by atoms with E-state index in [1.807, 2.05) is 12.2 Å². The van der Waals surface area contributed by atoms with Crippen molar-refractivity contribution in [2.45, 2.75) is 24.2 Å². The smallest absolute Gasteiger partial charge is 0.243 e. The molecule has 3 aliphatic rings. The molecule has 3 amide bonds. The van der Waals surface area contributed by atoms with E-state index in [-0.39, 0.29) is 73.6 Å². The van der Waals surface area contributed by atoms with Crippen molar-refractivity contribution >= 4 is 27.7 Å². The van der Waals surface area contributed by atoms with E-state index in [0.29, 0.717) is 12.8 Å². The molecule has 0 N–H and O–H groups in total. The zero-order valence-electron chi connectivity index (χ0n) is 16.9. The van der Waals surface area contributed by atoms with Crippen molar-refractivity contribution in [3.05, 3.63) is 42.2 Å². The Hall–Kier alpha value is -2.59. The number of rotatable bonds is 5. The number of likely N-dealkylation sites (tertiary alicyclic amines) is 1. The molecule has 2 saturated heterocycles. The zero-order valence-corrected chi connectivity index (χ0v) is 17.8. The predicted molar refractivity (Wildman–Crippen MR) is 108 cm³/mol. The molecule has 31 heavy (non-hydrogen) atoms. The van der Waals surface area contributed by atoms with Crippen LogP contribution in [0.5, 0.6) is 0 Å². The average Bonchev–Trinajstić information content (AvgIpc) is 3.02. The minimum absolute atomic E-state index is 0.00990. The quantitative estimate of drug-likeness (QED) is 0.494. The Kier molecular flexibility index (Phi) is 5.94. The molecule has 0 aromatic heterocycles. The molecule has 10 heteroatoms. The maximum Gasteiger partial charge on any atom is 0.243 e. The third kappa shape index (κ3) is 4.14. The van der Waals surface area contributed by atoms with Gasteiger partial charge in [-0.25, -0.2) is 12.8 Å². The number of amides is 3. The first-order chi connectivity index (χ1) is 14.8. The average molecular weight is 450 g/mol. The fraction of sp³-hybridized carbons (Fsp3) is 0.476. The van der Waals surface area contributed by atoms with Gasteiger partial charge in [-0.3, -0.25) is 19.3 Å². The lowest BCUT2D eigenvalue weighted by Crippen LogP contribution is -2.51. The first-order valence-corrected chi connectivity index (χ1v) is 11.8. The number of piperazine rings is 1. The molecule has 2 aliphatic heterocycles. The number of fused-ring (bicyclic) bond motifs is 1. The number of halogens is 1. The Balaban J connectivity index is 1.30. The van der Waals surface area contributed by atoms with Crippen LogP contribution in [0.25, 0.3) is 0 Å². The summed E-state index contributed by atoms with van der Waals surface area (Å²) in [5.74, 6) is -1.77. The van der Waals surface area contributed by atoms with Gasteiger partial charge in [0.2, 0.25) is 27.7 Å². The van der Waals surface area contributed by atoms with Gasteiger partial charge in [-0.05, 0) is 37.1 Å². The highest BCUT2D eigenvalue weighted by Crippen LogP contribution is 2.35. The molecule has 0 unspecified atom stereocenters. The molecule has 1 aliphatic carbocycles. The highest BCUT2D eigenvalue weighted by Gasteiger charge is 2.47. The highest BCUT2D eigenvalue weighted by molar-refractivity contribution is 7.89. The Bertz CT molecular complexity index is 990. The molecule has 0 saturated carbocycles. The molecule has 1 aromatic carbocycles. The summed E-state index contributed by atoms with van der Waals surface area (Å²) in [6, 6.07) is 4.64. The maximum absolute atomic E-state index is 13.1. The fourth-order valence-electron chi connectivity index (χ4n) is 4.39. The van der Waals surface area contributed by atoms with Gasteiger partial charge >= 0.3 is 0 Å². The highest BCUT2D eigenvalue weighted by atomic mass is 32.2. The largest absolute Gasteiger partial charge is 0.340 e. The topological polar surface area (TPSA) is 95.1 Å². The molecule has 0 radical (unpaired) electrons. The summed E-state index contributed by atoms with van der Waals surface area (Å²) >= 11 is 0. The number of nitrogens with zero attached hydrogens (tertiary/aromatic N) is 3. The number of allylic oxidation sites excluding steroid dienone is 2. The number of carbonyl (C=O) groups is 3. The second-order valence-electron chi connectivity index (χ2n) is 7.97. The molecular formula is C21H24FN3O5S. The van der Waals surface area contributed by atoms with Crippen LogP contribution in [0.3, 0.4) is 0 Å². The van der Waals surface area contributed by atoms with Crippen molar-refractivity contribution in [2.24, 2.45) is 11.8 Å². The van der Waals surface area contributed by atoms with Crippen molar-refractivity contribution < 1.29 is 27.2 Å². The van der Waals surface area contributed by atoms with Gasteiger partial charge in [0.15, 0.2) is 0 Å². The molecule has 0 spiro atoms. The van der Waals surface area contributed by atoms with Crippen LogP contribution in [0, 0.1) is 17.7 Å². The summed E-state index contributed by atoms with van der Waals surface area (Å²) in [5.41, 5.74) is 0. The van der Waals surface area contributed by atoms with Crippen LogP contribution in [0.15, 0.2) is 41.3 Å². The summed E-state index contributed by atoms with van der Waals surface area (Å²) in [5, 5.41) is 0. The first kappa shape index (κ1) is 21.6. The van der Waals surface area contributed by atoms with Gasteiger partial charge in [0.05, 0.1) is 16.7 Å². The number of hydrogen-bond donors (Lipinski definition) is 0. The van der Waals surface area contributed by atoms with E-state index >= 15 is 0 Å². The third-order valence-electron chi connectivity index (χ3n) is 6.19. The van der Waals surface area contributed by atoms with Crippen molar-refractivity contribution in [2.75, 3.05) is 32.7 Å². The minimum atomic E-state index is -3.75. The SMILES string of the molecule is O=C(CCN1C(=O)[C@H]2CC=CC[C@@H]2C1=O)N1CCN(S(=O)(=O)c2ccc(F)cc2)CC1. The van der Waals surface area contributed by atoms with Crippen LogP contribution >= 0.6 is 0 Å². The van der Waals surface area contributed by atoms with Crippen LogP contribution < -0.4 is 0 Å². The van der Waals surface area contributed by atoms with E-state index in [1.54, 1.807) is 4.90 Å². The van der Waals surface area contributed by atoms with Crippen LogP contribution in [0.1, 0.15) is 19.3 Å². The monoisotopic (exact) mass is 449 g/mol. The van der Waals surface area contributed by atoms with E-state index in [9.17, 15) is 27.2 Å². The lowest BCUT2D eigenvalue weighted by Gasteiger charge is -2.34. The summed E-state index contributed by atoms with van der Waals surface area (Å²) in [7, 11) is -3.75. The van der Waals surface area contributed by atoms with E-state index in [2.05, 4.69) is 0 Å². The lowest BCUT2D eigenvalue weighted by atomic mass is 9.85. The van der Waals surface area contributed by atoms with E-state index < -0.39 is 15.8 Å². The van der Waals surface area contributed by atoms with E-state index in [4.69, 9.17) is 0 Å². The van der Waals surface area contributed by atoms with Crippen molar-refractivity contribution in [1.82, 2.24) is 14.1 Å². The van der Waals surface area contributed by atoms with Crippen molar-refractivity contribution in [3.8, 4) is 0 Å². The summed E-state index contributed by atoms with van der Waals surface area (Å²) in [4.78, 5) is 40.4. The second-order valence-corrected chi connectivity index (χ2v) is 9.91. The standard InChI is InChI=1S/C21H24FN3O5S/c22-15-5-7-16(8-6-15)31(29,30)24-13-11-23(12-14-24)19(26)9-10-25-20(27)17-3-1-2-4-18(17)21(25)28/h1-2,5-8,17-18H,3-4,9-14H2/t17-,18-/m0/s1. The Labute approximate surface area is 180 Å². The molecule has 8 nitrogen and oxygen atoms in total. The predicted octanol–water partition coefficient (Wildman–Crippen LogP) is 1.000. The zero-order chi connectivity index (χ0) is 22.2. The summed E-state index contributed by atoms with van der Waals surface area (Å²) < 4.78 is 39.7. The van der Waals surface area contributed by atoms with Crippen molar-refractivity contribution in [1.29, 1.82) is 0 Å². The Morgan fingerprint density at radius 1 is 0.935 bits per heavy atom. The third-order valence-corrected chi connectivity index (χ3v) is 8.10. The lowest BCUT2D eigenvalue weighted by molar-refractivity contribution is -0.141. The Morgan fingerprint density at radius 2 is 1.48 bits per heavy atom. The van der Waals surface area contributed by atoms with Gasteiger partial charge < -0.3 is 4.90 Å². The van der Waals surface area contributed by atoms with Gasteiger partial charge in [0.1, 0.15) is 5.82 Å². The summed E-state index contributed by atoms with van der Waals surface area (Å²) in [6.45, 7) is 0.746. The van der Waals surface area contributed by atoms with E-state index in [0.717, 1.165) is 12.1 Å². The fourth-order valence-corrected chi connectivity index (χ4v) is 5.81. The number of sulfonamides is 1. The van der Waals surface area contributed by atoms with Crippen LogP contribution in [0.4, 0.5) is 4.39 Å². The molecule has 2 fully saturated rings. The van der Waals surface area contributed by atoms with Crippen LogP contribution in [-0.4, -0.2) is 73.0 Å². The van der Waals surface area contributed by atoms with Gasteiger partial charge in [0, 0.05) is 39.1 Å². The Morgan fingerprint density at radius 3 is 2.03 bits per heavy atom. The van der Waals surface area contributed by atoms with Crippen LogP contribution in [0.2, 0.25) is 0 Å². The molecule has 4 rings (SSSR count). The second kappa shape index (κ2) is 8.51. The molecular weight excluding hydrogens is 425 g/mol. The number of imide groups is 1. The molecule has 1 aromatic rings. The first-order valence-electron chi connectivity index (χ1n) is 10.3. The number of hydrogen-bond acceptors (Lipinski definition) is 5. The maximum atomic E-state index is 13.1. The minimum Gasteiger partial charge on any atom is -0.340 e. The molecule has 166 valence electrons. The molecule has 2 heterocycles. The number of carbonyl (C=O) groups excluding carboxylic acids is 3. The van der Waals surface area contributed by atoms with Gasteiger partial charge in [-0.15, -0.1) is 0 Å². The van der Waals surface area contributed by atoms with Crippen molar-refractivity contribution in [3.63, 3.8) is 0 Å². The van der Waals surface area contributed by atoms with Gasteiger partial charge in [-0.2, -0.15) is 4.31 Å². The number of benzene rings is 1. The summed E-state index contributed by atoms with van der Waals surface area (Å²) in [6.07, 6.45) is 4.98.